The highest BCUT2D eigenvalue weighted by atomic mass is 16.5. The monoisotopic (exact) mass is 283 g/mol. The zero-order chi connectivity index (χ0) is 15.2. The molecule has 0 saturated heterocycles. The average Bonchev–Trinajstić information content (AvgIpc) is 2.46. The van der Waals surface area contributed by atoms with Crippen molar-refractivity contribution in [3.63, 3.8) is 0 Å². The van der Waals surface area contributed by atoms with E-state index in [0.717, 1.165) is 18.7 Å². The predicted octanol–water partition coefficient (Wildman–Crippen LogP) is 4.67. The fraction of sp³-hybridized carbons (Fsp3) is 0.368. The zero-order valence-electron chi connectivity index (χ0n) is 13.5. The summed E-state index contributed by atoms with van der Waals surface area (Å²) in [5, 5.41) is 3.51. The molecule has 21 heavy (non-hydrogen) atoms. The molecule has 0 amide bonds. The van der Waals surface area contributed by atoms with Crippen LogP contribution in [0.1, 0.15) is 29.2 Å². The van der Waals surface area contributed by atoms with Gasteiger partial charge in [-0.2, -0.15) is 0 Å². The minimum absolute atomic E-state index is 0.668. The first-order valence-electron chi connectivity index (χ1n) is 7.64. The summed E-state index contributed by atoms with van der Waals surface area (Å²) in [5.74, 6) is 0.975. The number of hydrogen-bond donors (Lipinski definition) is 1. The van der Waals surface area contributed by atoms with Crippen LogP contribution in [0.25, 0.3) is 0 Å². The SMILES string of the molecule is CCc1cccc(C)c1NCCOc1ccc(C)cc1C. The highest BCUT2D eigenvalue weighted by Crippen LogP contribution is 2.21. The van der Waals surface area contributed by atoms with E-state index in [2.05, 4.69) is 69.4 Å². The minimum atomic E-state index is 0.668. The molecule has 2 rings (SSSR count). The molecule has 0 atom stereocenters. The topological polar surface area (TPSA) is 21.3 Å². The number of aryl methyl sites for hydroxylation is 4. The van der Waals surface area contributed by atoms with Crippen LogP contribution in [-0.2, 0) is 6.42 Å². The van der Waals surface area contributed by atoms with Crippen LogP contribution in [0, 0.1) is 20.8 Å². The molecule has 112 valence electrons. The number of ether oxygens (including phenoxy) is 1. The Morgan fingerprint density at radius 2 is 1.81 bits per heavy atom. The Labute approximate surface area is 128 Å². The van der Waals surface area contributed by atoms with Gasteiger partial charge in [0.05, 0.1) is 0 Å². The van der Waals surface area contributed by atoms with E-state index in [4.69, 9.17) is 4.74 Å². The molecular formula is C19H25NO. The second-order valence-electron chi connectivity index (χ2n) is 5.51. The molecule has 2 heteroatoms. The minimum Gasteiger partial charge on any atom is -0.491 e. The third-order valence-corrected chi connectivity index (χ3v) is 3.73. The van der Waals surface area contributed by atoms with Crippen LogP contribution >= 0.6 is 0 Å². The van der Waals surface area contributed by atoms with Gasteiger partial charge in [0.1, 0.15) is 12.4 Å². The highest BCUT2D eigenvalue weighted by Gasteiger charge is 2.04. The van der Waals surface area contributed by atoms with Gasteiger partial charge in [0.2, 0.25) is 0 Å². The van der Waals surface area contributed by atoms with Crippen LogP contribution in [0.2, 0.25) is 0 Å². The average molecular weight is 283 g/mol. The summed E-state index contributed by atoms with van der Waals surface area (Å²) < 4.78 is 5.86. The molecule has 2 aromatic carbocycles. The second-order valence-corrected chi connectivity index (χ2v) is 5.51. The summed E-state index contributed by atoms with van der Waals surface area (Å²) in [5.41, 5.74) is 6.37. The normalized spacial score (nSPS) is 10.5. The van der Waals surface area contributed by atoms with Crippen LogP contribution in [0.5, 0.6) is 5.75 Å². The molecular weight excluding hydrogens is 258 g/mol. The van der Waals surface area contributed by atoms with E-state index >= 15 is 0 Å². The molecule has 0 saturated carbocycles. The lowest BCUT2D eigenvalue weighted by molar-refractivity contribution is 0.330. The number of benzene rings is 2. The molecule has 0 aromatic heterocycles. The first-order valence-corrected chi connectivity index (χ1v) is 7.64. The van der Waals surface area contributed by atoms with Gasteiger partial charge >= 0.3 is 0 Å². The second kappa shape index (κ2) is 7.16. The lowest BCUT2D eigenvalue weighted by Gasteiger charge is -2.15. The van der Waals surface area contributed by atoms with E-state index in [0.29, 0.717) is 6.61 Å². The molecule has 0 heterocycles. The van der Waals surface area contributed by atoms with Crippen LogP contribution in [0.3, 0.4) is 0 Å². The predicted molar refractivity (Wildman–Crippen MR) is 90.5 cm³/mol. The van der Waals surface area contributed by atoms with Crippen LogP contribution < -0.4 is 10.1 Å². The van der Waals surface area contributed by atoms with Crippen molar-refractivity contribution in [3.05, 3.63) is 58.7 Å². The number of anilines is 1. The number of nitrogens with one attached hydrogen (secondary N) is 1. The quantitative estimate of drug-likeness (QED) is 0.778. The maximum atomic E-state index is 5.86. The van der Waals surface area contributed by atoms with Crippen molar-refractivity contribution in [2.24, 2.45) is 0 Å². The van der Waals surface area contributed by atoms with Gasteiger partial charge in [0.15, 0.2) is 0 Å². The molecule has 2 nitrogen and oxygen atoms in total. The number of para-hydroxylation sites is 1. The lowest BCUT2D eigenvalue weighted by Crippen LogP contribution is -2.13. The van der Waals surface area contributed by atoms with Crippen molar-refractivity contribution in [2.45, 2.75) is 34.1 Å². The van der Waals surface area contributed by atoms with Gasteiger partial charge in [0, 0.05) is 12.2 Å². The van der Waals surface area contributed by atoms with Crippen molar-refractivity contribution >= 4 is 5.69 Å². The van der Waals surface area contributed by atoms with E-state index in [-0.39, 0.29) is 0 Å². The Kier molecular flexibility index (Phi) is 5.26. The van der Waals surface area contributed by atoms with Crippen molar-refractivity contribution < 1.29 is 4.74 Å². The molecule has 0 aliphatic rings. The zero-order valence-corrected chi connectivity index (χ0v) is 13.5. The standard InChI is InChI=1S/C19H25NO/c1-5-17-8-6-7-15(3)19(17)20-11-12-21-18-10-9-14(2)13-16(18)4/h6-10,13,20H,5,11-12H2,1-4H3. The van der Waals surface area contributed by atoms with Gasteiger partial charge in [-0.3, -0.25) is 0 Å². The largest absolute Gasteiger partial charge is 0.491 e. The van der Waals surface area contributed by atoms with Crippen LogP contribution in [0.4, 0.5) is 5.69 Å². The maximum absolute atomic E-state index is 5.86. The smallest absolute Gasteiger partial charge is 0.122 e. The van der Waals surface area contributed by atoms with Gasteiger partial charge in [-0.05, 0) is 49.9 Å². The molecule has 1 N–H and O–H groups in total. The van der Waals surface area contributed by atoms with Crippen LogP contribution in [0.15, 0.2) is 36.4 Å². The fourth-order valence-corrected chi connectivity index (χ4v) is 2.57. The Balaban J connectivity index is 1.90. The molecule has 0 spiro atoms. The molecule has 0 fully saturated rings. The number of rotatable bonds is 6. The van der Waals surface area contributed by atoms with Gasteiger partial charge in [-0.25, -0.2) is 0 Å². The molecule has 0 unspecified atom stereocenters. The Bertz CT molecular complexity index is 605. The summed E-state index contributed by atoms with van der Waals surface area (Å²) in [7, 11) is 0. The van der Waals surface area contributed by atoms with Crippen molar-refractivity contribution in [2.75, 3.05) is 18.5 Å². The van der Waals surface area contributed by atoms with Gasteiger partial charge in [-0.1, -0.05) is 42.8 Å². The number of hydrogen-bond acceptors (Lipinski definition) is 2. The Hall–Kier alpha value is -1.96. The molecule has 0 radical (unpaired) electrons. The molecule has 0 bridgehead atoms. The van der Waals surface area contributed by atoms with E-state index < -0.39 is 0 Å². The molecule has 0 aliphatic carbocycles. The van der Waals surface area contributed by atoms with E-state index in [1.165, 1.54) is 27.9 Å². The molecule has 0 aliphatic heterocycles. The Morgan fingerprint density at radius 1 is 1.00 bits per heavy atom. The first-order chi connectivity index (χ1) is 10.1. The Morgan fingerprint density at radius 3 is 2.52 bits per heavy atom. The van der Waals surface area contributed by atoms with Crippen LogP contribution in [-0.4, -0.2) is 13.2 Å². The third-order valence-electron chi connectivity index (χ3n) is 3.73. The fourth-order valence-electron chi connectivity index (χ4n) is 2.57. The summed E-state index contributed by atoms with van der Waals surface area (Å²) in [6.45, 7) is 10.0. The van der Waals surface area contributed by atoms with Crippen molar-refractivity contribution in [1.29, 1.82) is 0 Å². The summed E-state index contributed by atoms with van der Waals surface area (Å²) in [6.07, 6.45) is 1.04. The van der Waals surface area contributed by atoms with Gasteiger partial charge < -0.3 is 10.1 Å². The van der Waals surface area contributed by atoms with Crippen molar-refractivity contribution in [1.82, 2.24) is 0 Å². The summed E-state index contributed by atoms with van der Waals surface area (Å²) in [6, 6.07) is 12.7. The van der Waals surface area contributed by atoms with Gasteiger partial charge in [-0.15, -0.1) is 0 Å². The lowest BCUT2D eigenvalue weighted by atomic mass is 10.1. The highest BCUT2D eigenvalue weighted by molar-refractivity contribution is 5.57. The first kappa shape index (κ1) is 15.4. The maximum Gasteiger partial charge on any atom is 0.122 e. The van der Waals surface area contributed by atoms with Crippen molar-refractivity contribution in [3.8, 4) is 5.75 Å². The van der Waals surface area contributed by atoms with E-state index in [1.54, 1.807) is 0 Å². The van der Waals surface area contributed by atoms with E-state index in [9.17, 15) is 0 Å². The third kappa shape index (κ3) is 4.01. The summed E-state index contributed by atoms with van der Waals surface area (Å²) in [4.78, 5) is 0. The van der Waals surface area contributed by atoms with Gasteiger partial charge in [0.25, 0.3) is 0 Å². The van der Waals surface area contributed by atoms with E-state index in [1.807, 2.05) is 0 Å². The summed E-state index contributed by atoms with van der Waals surface area (Å²) >= 11 is 0. The molecule has 2 aromatic rings.